The van der Waals surface area contributed by atoms with Gasteiger partial charge in [-0.15, -0.1) is 0 Å². The van der Waals surface area contributed by atoms with Crippen LogP contribution >= 0.6 is 23.2 Å². The fraction of sp³-hybridized carbons (Fsp3) is 0.250. The van der Waals surface area contributed by atoms with Crippen LogP contribution in [0, 0.1) is 0 Å². The fourth-order valence-electron chi connectivity index (χ4n) is 1.61. The van der Waals surface area contributed by atoms with Crippen LogP contribution in [0.15, 0.2) is 30.6 Å². The fourth-order valence-corrected chi connectivity index (χ4v) is 1.92. The largest absolute Gasteiger partial charge is 0.376 e. The van der Waals surface area contributed by atoms with Gasteiger partial charge in [-0.3, -0.25) is 4.68 Å². The van der Waals surface area contributed by atoms with Crippen molar-refractivity contribution in [2.75, 3.05) is 5.32 Å². The summed E-state index contributed by atoms with van der Waals surface area (Å²) in [6, 6.07) is 5.79. The molecule has 0 saturated carbocycles. The molecule has 0 bridgehead atoms. The van der Waals surface area contributed by atoms with E-state index >= 15 is 0 Å². The van der Waals surface area contributed by atoms with E-state index in [9.17, 15) is 0 Å². The van der Waals surface area contributed by atoms with Crippen molar-refractivity contribution in [3.8, 4) is 0 Å². The average Bonchev–Trinajstić information content (AvgIpc) is 2.68. The summed E-state index contributed by atoms with van der Waals surface area (Å²) in [6.07, 6.45) is 3.71. The number of halogens is 2. The van der Waals surface area contributed by atoms with Gasteiger partial charge < -0.3 is 5.32 Å². The maximum absolute atomic E-state index is 5.99. The van der Waals surface area contributed by atoms with E-state index in [1.54, 1.807) is 16.9 Å². The number of nitrogens with one attached hydrogen (secondary N) is 1. The second-order valence-corrected chi connectivity index (χ2v) is 4.76. The SMILES string of the molecule is CC(Nc1cnn(C)c1)c1ccc(Cl)c(Cl)c1. The van der Waals surface area contributed by atoms with Crippen LogP contribution in [0.25, 0.3) is 0 Å². The lowest BCUT2D eigenvalue weighted by Crippen LogP contribution is -2.05. The van der Waals surface area contributed by atoms with E-state index in [4.69, 9.17) is 23.2 Å². The van der Waals surface area contributed by atoms with Gasteiger partial charge in [-0.2, -0.15) is 5.10 Å². The zero-order chi connectivity index (χ0) is 12.4. The van der Waals surface area contributed by atoms with Gasteiger partial charge in [-0.25, -0.2) is 0 Å². The van der Waals surface area contributed by atoms with Gasteiger partial charge in [0, 0.05) is 19.3 Å². The van der Waals surface area contributed by atoms with E-state index in [0.717, 1.165) is 11.3 Å². The molecule has 0 aliphatic carbocycles. The Labute approximate surface area is 110 Å². The number of benzene rings is 1. The predicted molar refractivity (Wildman–Crippen MR) is 71.7 cm³/mol. The lowest BCUT2D eigenvalue weighted by molar-refractivity contribution is 0.767. The minimum absolute atomic E-state index is 0.147. The Morgan fingerprint density at radius 2 is 2.06 bits per heavy atom. The summed E-state index contributed by atoms with van der Waals surface area (Å²) in [6.45, 7) is 2.06. The molecule has 1 atom stereocenters. The van der Waals surface area contributed by atoms with Gasteiger partial charge in [0.1, 0.15) is 0 Å². The van der Waals surface area contributed by atoms with Crippen LogP contribution in [0.3, 0.4) is 0 Å². The first-order valence-corrected chi connectivity index (χ1v) is 6.02. The summed E-state index contributed by atoms with van der Waals surface area (Å²) in [5, 5.41) is 8.59. The van der Waals surface area contributed by atoms with E-state index < -0.39 is 0 Å². The first-order chi connectivity index (χ1) is 8.06. The molecule has 90 valence electrons. The van der Waals surface area contributed by atoms with E-state index in [-0.39, 0.29) is 6.04 Å². The monoisotopic (exact) mass is 269 g/mol. The van der Waals surface area contributed by atoms with Gasteiger partial charge in [-0.05, 0) is 24.6 Å². The van der Waals surface area contributed by atoms with Crippen LogP contribution in [0.1, 0.15) is 18.5 Å². The Balaban J connectivity index is 2.14. The van der Waals surface area contributed by atoms with E-state index in [1.807, 2.05) is 25.4 Å². The lowest BCUT2D eigenvalue weighted by atomic mass is 10.1. The third kappa shape index (κ3) is 2.93. The molecule has 2 aromatic rings. The summed E-state index contributed by atoms with van der Waals surface area (Å²) in [7, 11) is 1.88. The van der Waals surface area contributed by atoms with Crippen LogP contribution in [-0.4, -0.2) is 9.78 Å². The molecule has 0 spiro atoms. The number of anilines is 1. The molecule has 5 heteroatoms. The maximum atomic E-state index is 5.99. The minimum atomic E-state index is 0.147. The summed E-state index contributed by atoms with van der Waals surface area (Å²) in [4.78, 5) is 0. The molecule has 1 N–H and O–H groups in total. The van der Waals surface area contributed by atoms with Crippen molar-refractivity contribution < 1.29 is 0 Å². The molecule has 0 saturated heterocycles. The van der Waals surface area contributed by atoms with E-state index in [1.165, 1.54) is 0 Å². The van der Waals surface area contributed by atoms with Crippen LogP contribution < -0.4 is 5.32 Å². The molecule has 0 aliphatic heterocycles. The van der Waals surface area contributed by atoms with Crippen molar-refractivity contribution in [3.63, 3.8) is 0 Å². The van der Waals surface area contributed by atoms with Gasteiger partial charge >= 0.3 is 0 Å². The van der Waals surface area contributed by atoms with Crippen molar-refractivity contribution >= 4 is 28.9 Å². The molecule has 0 fully saturated rings. The van der Waals surface area contributed by atoms with Gasteiger partial charge in [0.2, 0.25) is 0 Å². The summed E-state index contributed by atoms with van der Waals surface area (Å²) >= 11 is 11.9. The normalized spacial score (nSPS) is 12.5. The maximum Gasteiger partial charge on any atom is 0.0731 e. The van der Waals surface area contributed by atoms with Crippen molar-refractivity contribution in [1.82, 2.24) is 9.78 Å². The highest BCUT2D eigenvalue weighted by molar-refractivity contribution is 6.42. The molecular weight excluding hydrogens is 257 g/mol. The molecule has 0 amide bonds. The highest BCUT2D eigenvalue weighted by Gasteiger charge is 2.08. The average molecular weight is 270 g/mol. The van der Waals surface area contributed by atoms with Crippen LogP contribution in [0.5, 0.6) is 0 Å². The predicted octanol–water partition coefficient (Wildman–Crippen LogP) is 3.90. The third-order valence-electron chi connectivity index (χ3n) is 2.53. The molecular formula is C12H13Cl2N3. The smallest absolute Gasteiger partial charge is 0.0731 e. The van der Waals surface area contributed by atoms with Gasteiger partial charge in [-0.1, -0.05) is 29.3 Å². The molecule has 1 unspecified atom stereocenters. The first-order valence-electron chi connectivity index (χ1n) is 5.26. The number of hydrogen-bond acceptors (Lipinski definition) is 2. The topological polar surface area (TPSA) is 29.9 Å². The minimum Gasteiger partial charge on any atom is -0.376 e. The first kappa shape index (κ1) is 12.3. The Kier molecular flexibility index (Phi) is 3.60. The molecule has 17 heavy (non-hydrogen) atoms. The number of nitrogens with zero attached hydrogens (tertiary/aromatic N) is 2. The standard InChI is InChI=1S/C12H13Cl2N3/c1-8(16-10-6-15-17(2)7-10)9-3-4-11(13)12(14)5-9/h3-8,16H,1-2H3. The van der Waals surface area contributed by atoms with Crippen molar-refractivity contribution in [1.29, 1.82) is 0 Å². The highest BCUT2D eigenvalue weighted by atomic mass is 35.5. The van der Waals surface area contributed by atoms with Crippen molar-refractivity contribution in [2.45, 2.75) is 13.0 Å². The molecule has 0 aliphatic rings. The molecule has 1 heterocycles. The Bertz CT molecular complexity index is 522. The van der Waals surface area contributed by atoms with Crippen LogP contribution in [0.2, 0.25) is 10.0 Å². The second kappa shape index (κ2) is 4.98. The van der Waals surface area contributed by atoms with Gasteiger partial charge in [0.05, 0.1) is 21.9 Å². The number of hydrogen-bond donors (Lipinski definition) is 1. The summed E-state index contributed by atoms with van der Waals surface area (Å²) in [5.74, 6) is 0. The zero-order valence-corrected chi connectivity index (χ0v) is 11.1. The summed E-state index contributed by atoms with van der Waals surface area (Å²) in [5.41, 5.74) is 2.06. The van der Waals surface area contributed by atoms with Gasteiger partial charge in [0.25, 0.3) is 0 Å². The number of aromatic nitrogens is 2. The molecule has 3 nitrogen and oxygen atoms in total. The molecule has 1 aromatic heterocycles. The second-order valence-electron chi connectivity index (χ2n) is 3.94. The van der Waals surface area contributed by atoms with E-state index in [2.05, 4.69) is 17.3 Å². The molecule has 0 radical (unpaired) electrons. The van der Waals surface area contributed by atoms with E-state index in [0.29, 0.717) is 10.0 Å². The van der Waals surface area contributed by atoms with Crippen LogP contribution in [0.4, 0.5) is 5.69 Å². The number of rotatable bonds is 3. The molecule has 2 rings (SSSR count). The summed E-state index contributed by atoms with van der Waals surface area (Å²) < 4.78 is 1.75. The van der Waals surface area contributed by atoms with Crippen molar-refractivity contribution in [2.24, 2.45) is 7.05 Å². The Hall–Kier alpha value is -1.19. The zero-order valence-electron chi connectivity index (χ0n) is 9.61. The quantitative estimate of drug-likeness (QED) is 0.916. The highest BCUT2D eigenvalue weighted by Crippen LogP contribution is 2.27. The molecule has 1 aromatic carbocycles. The lowest BCUT2D eigenvalue weighted by Gasteiger charge is -2.14. The third-order valence-corrected chi connectivity index (χ3v) is 3.27. The van der Waals surface area contributed by atoms with Gasteiger partial charge in [0.15, 0.2) is 0 Å². The van der Waals surface area contributed by atoms with Crippen molar-refractivity contribution in [3.05, 3.63) is 46.2 Å². The Morgan fingerprint density at radius 3 is 2.65 bits per heavy atom. The van der Waals surface area contributed by atoms with Crippen LogP contribution in [-0.2, 0) is 7.05 Å². The Morgan fingerprint density at radius 1 is 1.29 bits per heavy atom. The number of aryl methyl sites for hydroxylation is 1.